The van der Waals surface area contributed by atoms with Crippen LogP contribution in [0.4, 0.5) is 8.78 Å². The Morgan fingerprint density at radius 1 is 0.886 bits per heavy atom. The van der Waals surface area contributed by atoms with Crippen LogP contribution < -0.4 is 0 Å². The molecule has 0 aliphatic carbocycles. The third-order valence-electron chi connectivity index (χ3n) is 5.32. The van der Waals surface area contributed by atoms with Gasteiger partial charge < -0.3 is 23.4 Å². The Morgan fingerprint density at radius 2 is 1.46 bits per heavy atom. The average molecular weight is 527 g/mol. The van der Waals surface area contributed by atoms with Gasteiger partial charge in [0.05, 0.1) is 31.0 Å². The highest BCUT2D eigenvalue weighted by molar-refractivity contribution is 6.69. The lowest BCUT2D eigenvalue weighted by Crippen LogP contribution is -2.30. The van der Waals surface area contributed by atoms with Crippen molar-refractivity contribution >= 4 is 26.2 Å². The van der Waals surface area contributed by atoms with Crippen LogP contribution in [-0.2, 0) is 37.8 Å². The van der Waals surface area contributed by atoms with Crippen molar-refractivity contribution in [2.24, 2.45) is 17.8 Å². The minimum absolute atomic E-state index is 0.128. The van der Waals surface area contributed by atoms with Crippen LogP contribution in [0.5, 0.6) is 0 Å². The number of methoxy groups -OCH3 is 1. The molecule has 0 rings (SSSR count). The minimum atomic E-state index is -2.89. The van der Waals surface area contributed by atoms with E-state index in [0.29, 0.717) is 25.7 Å². The molecular formula is C24H44F2O8Si. The van der Waals surface area contributed by atoms with E-state index in [-0.39, 0.29) is 33.0 Å². The standard InChI is InChI=1S/C24H44F2O8Si/c1-8-19(22(28)31-13-12-24(3,25)26)10-9-11-20(23(29)33-17-34-35(5,6)7)16-18(2)21(27)32-15-14-30-4/h18-20H,8-17H2,1-7H3. The Bertz CT molecular complexity index is 634. The van der Waals surface area contributed by atoms with Crippen LogP contribution in [0.1, 0.15) is 59.3 Å². The van der Waals surface area contributed by atoms with Crippen molar-refractivity contribution in [3.63, 3.8) is 0 Å². The zero-order chi connectivity index (χ0) is 27.1. The van der Waals surface area contributed by atoms with Crippen LogP contribution >= 0.6 is 0 Å². The van der Waals surface area contributed by atoms with E-state index in [1.165, 1.54) is 7.11 Å². The molecule has 0 aromatic heterocycles. The van der Waals surface area contributed by atoms with Gasteiger partial charge in [-0.3, -0.25) is 14.4 Å². The quantitative estimate of drug-likeness (QED) is 0.0766. The van der Waals surface area contributed by atoms with Gasteiger partial charge in [0.2, 0.25) is 5.92 Å². The second-order valence-corrected chi connectivity index (χ2v) is 14.4. The van der Waals surface area contributed by atoms with Gasteiger partial charge in [-0.15, -0.1) is 0 Å². The van der Waals surface area contributed by atoms with E-state index in [0.717, 1.165) is 6.92 Å². The predicted octanol–water partition coefficient (Wildman–Crippen LogP) is 4.96. The number of carbonyl (C=O) groups excluding carboxylic acids is 3. The molecule has 0 aromatic carbocycles. The summed E-state index contributed by atoms with van der Waals surface area (Å²) in [5, 5.41) is 0. The number of rotatable bonds is 19. The fourth-order valence-corrected chi connectivity index (χ4v) is 3.57. The van der Waals surface area contributed by atoms with Gasteiger partial charge >= 0.3 is 17.9 Å². The molecule has 0 spiro atoms. The van der Waals surface area contributed by atoms with Gasteiger partial charge in [0.1, 0.15) is 6.61 Å². The first-order valence-electron chi connectivity index (χ1n) is 12.2. The average Bonchev–Trinajstić information content (AvgIpc) is 2.73. The van der Waals surface area contributed by atoms with Crippen molar-refractivity contribution in [1.29, 1.82) is 0 Å². The molecule has 0 heterocycles. The summed E-state index contributed by atoms with van der Waals surface area (Å²) < 4.78 is 51.8. The number of carbonyl (C=O) groups is 3. The summed E-state index contributed by atoms with van der Waals surface area (Å²) in [5.74, 6) is -5.89. The molecule has 35 heavy (non-hydrogen) atoms. The van der Waals surface area contributed by atoms with E-state index in [4.69, 9.17) is 23.4 Å². The third kappa shape index (κ3) is 17.5. The minimum Gasteiger partial charge on any atom is -0.465 e. The molecule has 0 bridgehead atoms. The van der Waals surface area contributed by atoms with Crippen LogP contribution in [0.2, 0.25) is 19.6 Å². The van der Waals surface area contributed by atoms with Crippen molar-refractivity contribution in [2.45, 2.75) is 84.9 Å². The zero-order valence-electron chi connectivity index (χ0n) is 22.3. The molecule has 11 heteroatoms. The van der Waals surface area contributed by atoms with Gasteiger partial charge in [0.25, 0.3) is 0 Å². The first-order valence-corrected chi connectivity index (χ1v) is 15.6. The Kier molecular flexibility index (Phi) is 16.2. The highest BCUT2D eigenvalue weighted by atomic mass is 28.4. The number of ether oxygens (including phenoxy) is 4. The Balaban J connectivity index is 4.94. The summed E-state index contributed by atoms with van der Waals surface area (Å²) >= 11 is 0. The molecule has 8 nitrogen and oxygen atoms in total. The van der Waals surface area contributed by atoms with Crippen molar-refractivity contribution < 1.29 is 46.5 Å². The lowest BCUT2D eigenvalue weighted by molar-refractivity contribution is -0.158. The van der Waals surface area contributed by atoms with Gasteiger partial charge in [0.15, 0.2) is 15.1 Å². The normalized spacial score (nSPS) is 14.7. The predicted molar refractivity (Wildman–Crippen MR) is 129 cm³/mol. The maximum absolute atomic E-state index is 12.9. The van der Waals surface area contributed by atoms with E-state index in [1.54, 1.807) is 6.92 Å². The fourth-order valence-electron chi connectivity index (χ4n) is 3.15. The summed E-state index contributed by atoms with van der Waals surface area (Å²) in [6.07, 6.45) is 1.50. The van der Waals surface area contributed by atoms with Crippen LogP contribution in [0.3, 0.4) is 0 Å². The Labute approximate surface area is 209 Å². The molecule has 0 aromatic rings. The molecule has 0 saturated carbocycles. The van der Waals surface area contributed by atoms with Crippen molar-refractivity contribution in [3.8, 4) is 0 Å². The summed E-state index contributed by atoms with van der Waals surface area (Å²) in [6, 6.07) is 0. The van der Waals surface area contributed by atoms with Gasteiger partial charge in [-0.05, 0) is 52.2 Å². The molecular weight excluding hydrogens is 482 g/mol. The van der Waals surface area contributed by atoms with Gasteiger partial charge in [0, 0.05) is 13.5 Å². The van der Waals surface area contributed by atoms with E-state index in [1.807, 2.05) is 26.6 Å². The SMILES string of the molecule is CCC(CCCC(CC(C)C(=O)OCCOC)C(=O)OCO[Si](C)(C)C)C(=O)OCCC(C)(F)F. The van der Waals surface area contributed by atoms with E-state index < -0.39 is 56.3 Å². The molecule has 0 saturated heterocycles. The molecule has 0 aliphatic rings. The van der Waals surface area contributed by atoms with Gasteiger partial charge in [-0.1, -0.05) is 20.3 Å². The van der Waals surface area contributed by atoms with Crippen LogP contribution in [-0.4, -0.2) is 65.9 Å². The molecule has 0 radical (unpaired) electrons. The largest absolute Gasteiger partial charge is 0.465 e. The number of hydrogen-bond donors (Lipinski definition) is 0. The maximum Gasteiger partial charge on any atom is 0.311 e. The molecule has 0 amide bonds. The molecule has 3 atom stereocenters. The first-order chi connectivity index (χ1) is 16.2. The molecule has 206 valence electrons. The summed E-state index contributed by atoms with van der Waals surface area (Å²) in [5.41, 5.74) is 0. The van der Waals surface area contributed by atoms with E-state index >= 15 is 0 Å². The van der Waals surface area contributed by atoms with Gasteiger partial charge in [-0.2, -0.15) is 0 Å². The molecule has 0 fully saturated rings. The highest BCUT2D eigenvalue weighted by Gasteiger charge is 2.28. The fraction of sp³-hybridized carbons (Fsp3) is 0.875. The van der Waals surface area contributed by atoms with E-state index in [9.17, 15) is 23.2 Å². The summed E-state index contributed by atoms with van der Waals surface area (Å²) in [4.78, 5) is 37.2. The Hall–Kier alpha value is -1.59. The van der Waals surface area contributed by atoms with Crippen LogP contribution in [0, 0.1) is 17.8 Å². The maximum atomic E-state index is 12.9. The second-order valence-electron chi connectivity index (χ2n) is 9.86. The molecule has 3 unspecified atom stereocenters. The topological polar surface area (TPSA) is 97.4 Å². The number of esters is 3. The number of hydrogen-bond acceptors (Lipinski definition) is 8. The molecule has 0 N–H and O–H groups in total. The first kappa shape index (κ1) is 33.4. The number of halogens is 2. The zero-order valence-corrected chi connectivity index (χ0v) is 23.3. The van der Waals surface area contributed by atoms with Crippen molar-refractivity contribution in [3.05, 3.63) is 0 Å². The number of alkyl halides is 2. The lowest BCUT2D eigenvalue weighted by Gasteiger charge is -2.22. The van der Waals surface area contributed by atoms with E-state index in [2.05, 4.69) is 0 Å². The van der Waals surface area contributed by atoms with Crippen molar-refractivity contribution in [1.82, 2.24) is 0 Å². The van der Waals surface area contributed by atoms with Crippen molar-refractivity contribution in [2.75, 3.05) is 33.7 Å². The smallest absolute Gasteiger partial charge is 0.311 e. The lowest BCUT2D eigenvalue weighted by atomic mass is 9.89. The van der Waals surface area contributed by atoms with Gasteiger partial charge in [-0.25, -0.2) is 8.78 Å². The van der Waals surface area contributed by atoms with Crippen LogP contribution in [0.25, 0.3) is 0 Å². The second kappa shape index (κ2) is 17.0. The summed E-state index contributed by atoms with van der Waals surface area (Å²) in [6.45, 7) is 10.1. The molecule has 0 aliphatic heterocycles. The summed E-state index contributed by atoms with van der Waals surface area (Å²) in [7, 11) is -0.366. The Morgan fingerprint density at radius 3 is 2.00 bits per heavy atom. The monoisotopic (exact) mass is 526 g/mol. The highest BCUT2D eigenvalue weighted by Crippen LogP contribution is 2.24. The van der Waals surface area contributed by atoms with Crippen LogP contribution in [0.15, 0.2) is 0 Å². The third-order valence-corrected chi connectivity index (χ3v) is 6.30.